The molecule has 0 aliphatic carbocycles. The van der Waals surface area contributed by atoms with Crippen LogP contribution in [-0.2, 0) is 5.54 Å². The summed E-state index contributed by atoms with van der Waals surface area (Å²) >= 11 is 0. The Morgan fingerprint density at radius 2 is 2.00 bits per heavy atom. The minimum atomic E-state index is 0.0309. The van der Waals surface area contributed by atoms with Gasteiger partial charge in [0.2, 0.25) is 0 Å². The first-order chi connectivity index (χ1) is 6.50. The molecule has 0 unspecified atom stereocenters. The molecule has 0 bridgehead atoms. The lowest BCUT2D eigenvalue weighted by atomic mass is 10.1. The van der Waals surface area contributed by atoms with Crippen LogP contribution in [0, 0.1) is 6.92 Å². The summed E-state index contributed by atoms with van der Waals surface area (Å²) in [6.07, 6.45) is 3.65. The Morgan fingerprint density at radius 1 is 1.29 bits per heavy atom. The number of nitrogens with zero attached hydrogens (tertiary/aromatic N) is 3. The van der Waals surface area contributed by atoms with Gasteiger partial charge >= 0.3 is 0 Å². The van der Waals surface area contributed by atoms with Crippen LogP contribution >= 0.6 is 0 Å². The summed E-state index contributed by atoms with van der Waals surface area (Å²) in [7, 11) is 0. The number of aryl methyl sites for hydroxylation is 1. The van der Waals surface area contributed by atoms with Crippen molar-refractivity contribution in [2.24, 2.45) is 0 Å². The Bertz CT molecular complexity index is 463. The molecule has 0 radical (unpaired) electrons. The van der Waals surface area contributed by atoms with Gasteiger partial charge in [-0.3, -0.25) is 9.67 Å². The van der Waals surface area contributed by atoms with Crippen LogP contribution in [0.25, 0.3) is 10.9 Å². The molecule has 0 atom stereocenters. The van der Waals surface area contributed by atoms with E-state index in [0.717, 1.165) is 10.9 Å². The minimum absolute atomic E-state index is 0.0309. The van der Waals surface area contributed by atoms with E-state index in [-0.39, 0.29) is 5.54 Å². The minimum Gasteiger partial charge on any atom is -0.264 e. The maximum absolute atomic E-state index is 4.56. The summed E-state index contributed by atoms with van der Waals surface area (Å²) in [5.74, 6) is 0. The maximum atomic E-state index is 4.56. The predicted molar refractivity (Wildman–Crippen MR) is 57.3 cm³/mol. The molecule has 2 aromatic rings. The first kappa shape index (κ1) is 9.19. The Labute approximate surface area is 83.8 Å². The molecule has 2 rings (SSSR count). The topological polar surface area (TPSA) is 30.7 Å². The number of rotatable bonds is 0. The van der Waals surface area contributed by atoms with Crippen LogP contribution in [0.3, 0.4) is 0 Å². The summed E-state index contributed by atoms with van der Waals surface area (Å²) < 4.78 is 2.05. The highest BCUT2D eigenvalue weighted by Gasteiger charge is 2.18. The zero-order valence-corrected chi connectivity index (χ0v) is 9.07. The SMILES string of the molecule is Cc1c2cnccc2nn1C(C)(C)C. The smallest absolute Gasteiger partial charge is 0.0957 e. The van der Waals surface area contributed by atoms with Crippen LogP contribution in [0.15, 0.2) is 18.5 Å². The number of aromatic nitrogens is 3. The highest BCUT2D eigenvalue weighted by molar-refractivity contribution is 5.80. The lowest BCUT2D eigenvalue weighted by Crippen LogP contribution is -2.24. The van der Waals surface area contributed by atoms with Gasteiger partial charge in [-0.1, -0.05) is 0 Å². The fourth-order valence-corrected chi connectivity index (χ4v) is 1.70. The molecule has 0 aliphatic rings. The van der Waals surface area contributed by atoms with Gasteiger partial charge in [-0.15, -0.1) is 0 Å². The maximum Gasteiger partial charge on any atom is 0.0957 e. The molecular weight excluding hydrogens is 174 g/mol. The predicted octanol–water partition coefficient (Wildman–Crippen LogP) is 2.49. The zero-order chi connectivity index (χ0) is 10.3. The Morgan fingerprint density at radius 3 is 2.57 bits per heavy atom. The van der Waals surface area contributed by atoms with E-state index in [0.29, 0.717) is 0 Å². The summed E-state index contributed by atoms with van der Waals surface area (Å²) in [4.78, 5) is 4.12. The van der Waals surface area contributed by atoms with E-state index >= 15 is 0 Å². The van der Waals surface area contributed by atoms with Crippen molar-refractivity contribution in [3.05, 3.63) is 24.2 Å². The van der Waals surface area contributed by atoms with Crippen molar-refractivity contribution in [2.45, 2.75) is 33.2 Å². The molecule has 14 heavy (non-hydrogen) atoms. The van der Waals surface area contributed by atoms with Crippen LogP contribution in [0.4, 0.5) is 0 Å². The van der Waals surface area contributed by atoms with Crippen LogP contribution in [-0.4, -0.2) is 14.8 Å². The van der Waals surface area contributed by atoms with Crippen LogP contribution in [0.1, 0.15) is 26.5 Å². The molecule has 0 aliphatic heterocycles. The van der Waals surface area contributed by atoms with Gasteiger partial charge in [0.25, 0.3) is 0 Å². The number of pyridine rings is 1. The third-order valence-electron chi connectivity index (χ3n) is 2.35. The van der Waals surface area contributed by atoms with Crippen LogP contribution < -0.4 is 0 Å². The van der Waals surface area contributed by atoms with E-state index in [1.165, 1.54) is 5.69 Å². The van der Waals surface area contributed by atoms with Crippen molar-refractivity contribution in [2.75, 3.05) is 0 Å². The van der Waals surface area contributed by atoms with Crippen molar-refractivity contribution < 1.29 is 0 Å². The molecule has 0 aromatic carbocycles. The number of fused-ring (bicyclic) bond motifs is 1. The lowest BCUT2D eigenvalue weighted by molar-refractivity contribution is 0.351. The normalized spacial score (nSPS) is 12.3. The summed E-state index contributed by atoms with van der Waals surface area (Å²) in [5, 5.41) is 5.70. The van der Waals surface area contributed by atoms with Crippen molar-refractivity contribution >= 4 is 10.9 Å². The fourth-order valence-electron chi connectivity index (χ4n) is 1.70. The quantitative estimate of drug-likeness (QED) is 0.637. The van der Waals surface area contributed by atoms with Crippen molar-refractivity contribution in [3.8, 4) is 0 Å². The largest absolute Gasteiger partial charge is 0.264 e. The van der Waals surface area contributed by atoms with Crippen molar-refractivity contribution in [1.82, 2.24) is 14.8 Å². The van der Waals surface area contributed by atoms with E-state index in [4.69, 9.17) is 0 Å². The standard InChI is InChI=1S/C11H15N3/c1-8-9-7-12-6-5-10(9)13-14(8)11(2,3)4/h5-7H,1-4H3. The zero-order valence-electron chi connectivity index (χ0n) is 9.07. The van der Waals surface area contributed by atoms with Crippen LogP contribution in [0.5, 0.6) is 0 Å². The Hall–Kier alpha value is -1.38. The van der Waals surface area contributed by atoms with E-state index in [9.17, 15) is 0 Å². The van der Waals surface area contributed by atoms with E-state index in [2.05, 4.69) is 42.5 Å². The van der Waals surface area contributed by atoms with Gasteiger partial charge in [0.1, 0.15) is 0 Å². The second-order valence-corrected chi connectivity index (χ2v) is 4.56. The lowest BCUT2D eigenvalue weighted by Gasteiger charge is -2.21. The van der Waals surface area contributed by atoms with Crippen LogP contribution in [0.2, 0.25) is 0 Å². The van der Waals surface area contributed by atoms with Gasteiger partial charge in [-0.25, -0.2) is 0 Å². The first-order valence-electron chi connectivity index (χ1n) is 4.80. The van der Waals surface area contributed by atoms with Gasteiger partial charge in [0, 0.05) is 23.5 Å². The second-order valence-electron chi connectivity index (χ2n) is 4.56. The van der Waals surface area contributed by atoms with Gasteiger partial charge in [0.05, 0.1) is 11.1 Å². The van der Waals surface area contributed by atoms with Gasteiger partial charge in [-0.05, 0) is 33.8 Å². The third kappa shape index (κ3) is 1.29. The molecule has 0 spiro atoms. The van der Waals surface area contributed by atoms with E-state index in [1.807, 2.05) is 12.3 Å². The average Bonchev–Trinajstić information content (AvgIpc) is 2.44. The molecule has 2 heterocycles. The molecular formula is C11H15N3. The van der Waals surface area contributed by atoms with E-state index < -0.39 is 0 Å². The first-order valence-corrected chi connectivity index (χ1v) is 4.80. The van der Waals surface area contributed by atoms with Gasteiger partial charge in [0.15, 0.2) is 0 Å². The molecule has 3 nitrogen and oxygen atoms in total. The van der Waals surface area contributed by atoms with Crippen molar-refractivity contribution in [1.29, 1.82) is 0 Å². The molecule has 0 saturated heterocycles. The molecule has 74 valence electrons. The average molecular weight is 189 g/mol. The monoisotopic (exact) mass is 189 g/mol. The molecule has 0 saturated carbocycles. The Balaban J connectivity index is 2.75. The molecule has 0 amide bonds. The molecule has 0 fully saturated rings. The van der Waals surface area contributed by atoms with Gasteiger partial charge in [-0.2, -0.15) is 5.10 Å². The highest BCUT2D eigenvalue weighted by Crippen LogP contribution is 2.22. The molecule has 0 N–H and O–H groups in total. The highest BCUT2D eigenvalue weighted by atomic mass is 15.3. The van der Waals surface area contributed by atoms with E-state index in [1.54, 1.807) is 6.20 Å². The molecule has 3 heteroatoms. The summed E-state index contributed by atoms with van der Waals surface area (Å²) in [6.45, 7) is 8.54. The fraction of sp³-hybridized carbons (Fsp3) is 0.455. The van der Waals surface area contributed by atoms with Gasteiger partial charge < -0.3 is 0 Å². The Kier molecular flexibility index (Phi) is 1.84. The second kappa shape index (κ2) is 2.80. The number of hydrogen-bond donors (Lipinski definition) is 0. The molecule has 2 aromatic heterocycles. The summed E-state index contributed by atoms with van der Waals surface area (Å²) in [6, 6.07) is 1.95. The third-order valence-corrected chi connectivity index (χ3v) is 2.35. The van der Waals surface area contributed by atoms with Crippen molar-refractivity contribution in [3.63, 3.8) is 0 Å². The number of hydrogen-bond acceptors (Lipinski definition) is 2. The summed E-state index contributed by atoms with van der Waals surface area (Å²) in [5.41, 5.74) is 2.23.